The van der Waals surface area contributed by atoms with Crippen molar-refractivity contribution in [2.75, 3.05) is 11.9 Å². The first-order chi connectivity index (χ1) is 13.7. The molecule has 1 aromatic rings. The Kier molecular flexibility index (Phi) is 6.18. The standard InChI is InChI=1S/C20H25N3O5S/c1-13(2)22-29(27,28)15-9-7-14(8-10-15)21-18(24)11-12-23-19(25)16-5-3-4-6-17(16)20(23)26/h3-4,7-10,13,16-17,22H,5-6,11-12H2,1-2H3,(H,21,24)/t16-,17+. The molecule has 0 unspecified atom stereocenters. The van der Waals surface area contributed by atoms with Crippen molar-refractivity contribution in [2.45, 2.75) is 44.0 Å². The van der Waals surface area contributed by atoms with Crippen LogP contribution in [0, 0.1) is 11.8 Å². The minimum absolute atomic E-state index is 0.0146. The number of carbonyl (C=O) groups excluding carboxylic acids is 3. The number of rotatable bonds is 7. The van der Waals surface area contributed by atoms with E-state index < -0.39 is 10.0 Å². The maximum Gasteiger partial charge on any atom is 0.240 e. The molecule has 9 heteroatoms. The van der Waals surface area contributed by atoms with Crippen LogP contribution in [0.4, 0.5) is 5.69 Å². The molecule has 3 amide bonds. The Morgan fingerprint density at radius 3 is 2.14 bits per heavy atom. The van der Waals surface area contributed by atoms with E-state index in [1.54, 1.807) is 13.8 Å². The van der Waals surface area contributed by atoms with Gasteiger partial charge in [-0.05, 0) is 51.0 Å². The highest BCUT2D eigenvalue weighted by Crippen LogP contribution is 2.35. The molecule has 0 spiro atoms. The van der Waals surface area contributed by atoms with Gasteiger partial charge in [0.15, 0.2) is 0 Å². The van der Waals surface area contributed by atoms with Gasteiger partial charge < -0.3 is 5.32 Å². The number of fused-ring (bicyclic) bond motifs is 1. The topological polar surface area (TPSA) is 113 Å². The van der Waals surface area contributed by atoms with Gasteiger partial charge in [0.05, 0.1) is 16.7 Å². The predicted molar refractivity (Wildman–Crippen MR) is 107 cm³/mol. The van der Waals surface area contributed by atoms with Gasteiger partial charge in [0.2, 0.25) is 27.7 Å². The summed E-state index contributed by atoms with van der Waals surface area (Å²) in [7, 11) is -3.60. The summed E-state index contributed by atoms with van der Waals surface area (Å²) in [4.78, 5) is 38.3. The van der Waals surface area contributed by atoms with Crippen LogP contribution in [0.2, 0.25) is 0 Å². The molecule has 1 heterocycles. The van der Waals surface area contributed by atoms with Crippen LogP contribution in [0.25, 0.3) is 0 Å². The lowest BCUT2D eigenvalue weighted by molar-refractivity contribution is -0.140. The van der Waals surface area contributed by atoms with Crippen molar-refractivity contribution in [1.29, 1.82) is 0 Å². The van der Waals surface area contributed by atoms with Crippen molar-refractivity contribution in [1.82, 2.24) is 9.62 Å². The average molecular weight is 420 g/mol. The van der Waals surface area contributed by atoms with E-state index in [1.165, 1.54) is 29.2 Å². The van der Waals surface area contributed by atoms with Crippen LogP contribution in [0.15, 0.2) is 41.3 Å². The Morgan fingerprint density at radius 1 is 1.07 bits per heavy atom. The van der Waals surface area contributed by atoms with E-state index in [2.05, 4.69) is 10.0 Å². The largest absolute Gasteiger partial charge is 0.326 e. The maximum absolute atomic E-state index is 12.4. The minimum Gasteiger partial charge on any atom is -0.326 e. The number of likely N-dealkylation sites (tertiary alicyclic amines) is 1. The smallest absolute Gasteiger partial charge is 0.240 e. The van der Waals surface area contributed by atoms with Gasteiger partial charge in [-0.25, -0.2) is 13.1 Å². The molecule has 0 aromatic heterocycles. The van der Waals surface area contributed by atoms with Gasteiger partial charge in [-0.15, -0.1) is 0 Å². The van der Waals surface area contributed by atoms with Crippen molar-refractivity contribution in [2.24, 2.45) is 11.8 Å². The molecule has 2 aliphatic rings. The number of amides is 3. The summed E-state index contributed by atoms with van der Waals surface area (Å²) in [5, 5.41) is 2.66. The Bertz CT molecular complexity index is 911. The van der Waals surface area contributed by atoms with Crippen molar-refractivity contribution < 1.29 is 22.8 Å². The highest BCUT2D eigenvalue weighted by Gasteiger charge is 2.46. The van der Waals surface area contributed by atoms with Crippen LogP contribution < -0.4 is 10.0 Å². The number of nitrogens with zero attached hydrogens (tertiary/aromatic N) is 1. The fourth-order valence-corrected chi connectivity index (χ4v) is 4.87. The molecule has 2 atom stereocenters. The average Bonchev–Trinajstić information content (AvgIpc) is 2.90. The van der Waals surface area contributed by atoms with E-state index in [0.29, 0.717) is 18.5 Å². The highest BCUT2D eigenvalue weighted by molar-refractivity contribution is 7.89. The summed E-state index contributed by atoms with van der Waals surface area (Å²) in [6.45, 7) is 3.50. The van der Waals surface area contributed by atoms with Gasteiger partial charge in [-0.3, -0.25) is 19.3 Å². The Hall–Kier alpha value is -2.52. The second-order valence-corrected chi connectivity index (χ2v) is 9.30. The second-order valence-electron chi connectivity index (χ2n) is 7.58. The molecule has 0 bridgehead atoms. The fraction of sp³-hybridized carbons (Fsp3) is 0.450. The van der Waals surface area contributed by atoms with E-state index in [4.69, 9.17) is 0 Å². The van der Waals surface area contributed by atoms with Gasteiger partial charge in [0, 0.05) is 24.7 Å². The predicted octanol–water partition coefficient (Wildman–Crippen LogP) is 1.65. The van der Waals surface area contributed by atoms with Crippen molar-refractivity contribution in [3.05, 3.63) is 36.4 Å². The van der Waals surface area contributed by atoms with Crippen LogP contribution >= 0.6 is 0 Å². The third-order valence-electron chi connectivity index (χ3n) is 5.00. The first-order valence-electron chi connectivity index (χ1n) is 9.61. The highest BCUT2D eigenvalue weighted by atomic mass is 32.2. The van der Waals surface area contributed by atoms with Crippen LogP contribution in [0.5, 0.6) is 0 Å². The molecule has 29 heavy (non-hydrogen) atoms. The molecule has 1 aliphatic heterocycles. The monoisotopic (exact) mass is 419 g/mol. The zero-order chi connectivity index (χ0) is 21.2. The van der Waals surface area contributed by atoms with Gasteiger partial charge in [0.25, 0.3) is 0 Å². The van der Waals surface area contributed by atoms with Gasteiger partial charge in [-0.2, -0.15) is 0 Å². The molecule has 3 rings (SSSR count). The summed E-state index contributed by atoms with van der Waals surface area (Å²) >= 11 is 0. The molecule has 1 aromatic carbocycles. The van der Waals surface area contributed by atoms with Gasteiger partial charge in [0.1, 0.15) is 0 Å². The van der Waals surface area contributed by atoms with E-state index >= 15 is 0 Å². The number of allylic oxidation sites excluding steroid dienone is 2. The third kappa shape index (κ3) is 4.73. The Labute approximate surface area is 170 Å². The maximum atomic E-state index is 12.4. The normalized spacial score (nSPS) is 21.6. The number of anilines is 1. The summed E-state index contributed by atoms with van der Waals surface area (Å²) < 4.78 is 26.7. The first-order valence-corrected chi connectivity index (χ1v) is 11.1. The van der Waals surface area contributed by atoms with E-state index in [0.717, 1.165) is 0 Å². The Balaban J connectivity index is 1.55. The molecule has 2 N–H and O–H groups in total. The van der Waals surface area contributed by atoms with Crippen molar-refractivity contribution in [3.63, 3.8) is 0 Å². The quantitative estimate of drug-likeness (QED) is 0.515. The molecule has 1 fully saturated rings. The van der Waals surface area contributed by atoms with Crippen LogP contribution in [-0.2, 0) is 24.4 Å². The molecular weight excluding hydrogens is 394 g/mol. The van der Waals surface area contributed by atoms with Crippen molar-refractivity contribution in [3.8, 4) is 0 Å². The Morgan fingerprint density at radius 2 is 1.62 bits per heavy atom. The number of hydrogen-bond donors (Lipinski definition) is 2. The molecule has 156 valence electrons. The van der Waals surface area contributed by atoms with Crippen LogP contribution in [0.1, 0.15) is 33.1 Å². The van der Waals surface area contributed by atoms with E-state index in [-0.39, 0.29) is 53.5 Å². The number of sulfonamides is 1. The SMILES string of the molecule is CC(C)NS(=O)(=O)c1ccc(NC(=O)CCN2C(=O)[C@H]3CC=CC[C@H]3C2=O)cc1. The summed E-state index contributed by atoms with van der Waals surface area (Å²) in [6, 6.07) is 5.59. The number of carbonyl (C=O) groups is 3. The molecular formula is C20H25N3O5S. The summed E-state index contributed by atoms with van der Waals surface area (Å²) in [5.74, 6) is -1.36. The molecule has 1 aliphatic carbocycles. The van der Waals surface area contributed by atoms with Crippen LogP contribution in [-0.4, -0.2) is 43.6 Å². The molecule has 0 saturated carbocycles. The minimum atomic E-state index is -3.60. The number of hydrogen-bond acceptors (Lipinski definition) is 5. The summed E-state index contributed by atoms with van der Waals surface area (Å²) in [6.07, 6.45) is 4.96. The molecule has 8 nitrogen and oxygen atoms in total. The lowest BCUT2D eigenvalue weighted by Gasteiger charge is -2.14. The second kappa shape index (κ2) is 8.46. The van der Waals surface area contributed by atoms with Gasteiger partial charge >= 0.3 is 0 Å². The van der Waals surface area contributed by atoms with Crippen molar-refractivity contribution >= 4 is 33.4 Å². The van der Waals surface area contributed by atoms with E-state index in [9.17, 15) is 22.8 Å². The fourth-order valence-electron chi connectivity index (χ4n) is 3.62. The van der Waals surface area contributed by atoms with Gasteiger partial charge in [-0.1, -0.05) is 12.2 Å². The molecule has 1 saturated heterocycles. The van der Waals surface area contributed by atoms with Crippen LogP contribution in [0.3, 0.4) is 0 Å². The lowest BCUT2D eigenvalue weighted by atomic mass is 9.85. The summed E-state index contributed by atoms with van der Waals surface area (Å²) in [5.41, 5.74) is 0.440. The first kappa shape index (κ1) is 21.2. The lowest BCUT2D eigenvalue weighted by Crippen LogP contribution is -2.34. The number of nitrogens with one attached hydrogen (secondary N) is 2. The number of imide groups is 1. The van der Waals surface area contributed by atoms with E-state index in [1.807, 2.05) is 12.2 Å². The number of benzene rings is 1. The zero-order valence-electron chi connectivity index (χ0n) is 16.4. The third-order valence-corrected chi connectivity index (χ3v) is 6.68. The molecule has 0 radical (unpaired) electrons. The zero-order valence-corrected chi connectivity index (χ0v) is 17.2.